The first-order valence-corrected chi connectivity index (χ1v) is 4.96. The highest BCUT2D eigenvalue weighted by Gasteiger charge is 2.27. The van der Waals surface area contributed by atoms with E-state index in [1.165, 1.54) is 31.2 Å². The third kappa shape index (κ3) is 3.47. The highest BCUT2D eigenvalue weighted by Crippen LogP contribution is 2.27. The van der Waals surface area contributed by atoms with Crippen molar-refractivity contribution in [3.05, 3.63) is 40.9 Å². The average molecular weight is 249 g/mol. The summed E-state index contributed by atoms with van der Waals surface area (Å²) < 4.78 is 30.5. The van der Waals surface area contributed by atoms with E-state index in [9.17, 15) is 8.78 Å². The van der Waals surface area contributed by atoms with Gasteiger partial charge in [0.15, 0.2) is 0 Å². The smallest absolute Gasteiger partial charge is 0.419 e. The van der Waals surface area contributed by atoms with Crippen LogP contribution in [0.4, 0.5) is 8.78 Å². The number of ether oxygens (including phenoxy) is 1. The molecule has 0 saturated heterocycles. The van der Waals surface area contributed by atoms with Crippen molar-refractivity contribution in [2.75, 3.05) is 0 Å². The fraction of sp³-hybridized carbons (Fsp3) is 0.273. The van der Waals surface area contributed by atoms with Crippen molar-refractivity contribution in [1.82, 2.24) is 0 Å². The fourth-order valence-corrected chi connectivity index (χ4v) is 1.30. The van der Waals surface area contributed by atoms with Gasteiger partial charge in [0.25, 0.3) is 0 Å². The third-order valence-electron chi connectivity index (χ3n) is 1.80. The van der Waals surface area contributed by atoms with Gasteiger partial charge >= 0.3 is 6.11 Å². The van der Waals surface area contributed by atoms with Crippen molar-refractivity contribution in [2.45, 2.75) is 19.6 Å². The molecule has 0 aromatic heterocycles. The number of rotatable bonds is 4. The lowest BCUT2D eigenvalue weighted by Crippen LogP contribution is -2.21. The summed E-state index contributed by atoms with van der Waals surface area (Å²) in [5.41, 5.74) is 0.343. The topological polar surface area (TPSA) is 29.5 Å². The van der Waals surface area contributed by atoms with Gasteiger partial charge in [-0.3, -0.25) is 0 Å². The molecule has 0 bridgehead atoms. The van der Waals surface area contributed by atoms with E-state index in [0.29, 0.717) is 16.7 Å². The molecule has 1 rings (SSSR count). The van der Waals surface area contributed by atoms with Gasteiger partial charge in [-0.15, -0.1) is 0 Å². The van der Waals surface area contributed by atoms with Gasteiger partial charge in [0, 0.05) is 11.1 Å². The van der Waals surface area contributed by atoms with Gasteiger partial charge in [-0.05, 0) is 30.7 Å². The molecule has 0 aliphatic heterocycles. The predicted octanol–water partition coefficient (Wildman–Crippen LogP) is 3.38. The molecule has 0 aliphatic carbocycles. The van der Waals surface area contributed by atoms with Crippen LogP contribution in [0.5, 0.6) is 5.75 Å². The van der Waals surface area contributed by atoms with Crippen molar-refractivity contribution in [3.8, 4) is 5.75 Å². The van der Waals surface area contributed by atoms with Crippen LogP contribution >= 0.6 is 11.6 Å². The predicted molar refractivity (Wildman–Crippen MR) is 57.8 cm³/mol. The molecule has 16 heavy (non-hydrogen) atoms. The van der Waals surface area contributed by atoms with E-state index < -0.39 is 6.11 Å². The van der Waals surface area contributed by atoms with Crippen molar-refractivity contribution < 1.29 is 18.6 Å². The van der Waals surface area contributed by atoms with Crippen molar-refractivity contribution in [2.24, 2.45) is 0 Å². The summed E-state index contributed by atoms with van der Waals surface area (Å²) in [4.78, 5) is 0. The number of hydrogen-bond acceptors (Lipinski definition) is 2. The molecule has 0 aliphatic rings. The van der Waals surface area contributed by atoms with Gasteiger partial charge in [-0.1, -0.05) is 17.7 Å². The quantitative estimate of drug-likeness (QED) is 0.828. The normalized spacial score (nSPS) is 12.1. The first-order valence-electron chi connectivity index (χ1n) is 4.58. The van der Waals surface area contributed by atoms with Gasteiger partial charge < -0.3 is 9.84 Å². The maximum atomic E-state index is 13.0. The lowest BCUT2D eigenvalue weighted by molar-refractivity contribution is -0.131. The third-order valence-corrected chi connectivity index (χ3v) is 2.17. The summed E-state index contributed by atoms with van der Waals surface area (Å²) in [5, 5.41) is 9.21. The largest absolute Gasteiger partial charge is 0.429 e. The zero-order valence-electron chi connectivity index (χ0n) is 8.58. The maximum Gasteiger partial charge on any atom is 0.419 e. The molecule has 0 saturated carbocycles. The molecule has 1 aromatic carbocycles. The molecule has 0 fully saturated rings. The second kappa shape index (κ2) is 5.27. The number of aliphatic hydroxyl groups excluding tert-OH is 1. The molecular formula is C11H11ClF2O2. The summed E-state index contributed by atoms with van der Waals surface area (Å²) in [5.74, 6) is -0.0449. The number of alkyl halides is 2. The average Bonchev–Trinajstić information content (AvgIpc) is 2.20. The van der Waals surface area contributed by atoms with Gasteiger partial charge in [0.2, 0.25) is 0 Å². The monoisotopic (exact) mass is 248 g/mol. The molecule has 0 amide bonds. The number of halogens is 3. The molecule has 0 radical (unpaired) electrons. The zero-order chi connectivity index (χ0) is 12.2. The zero-order valence-corrected chi connectivity index (χ0v) is 9.34. The molecule has 2 nitrogen and oxygen atoms in total. The Morgan fingerprint density at radius 2 is 2.19 bits per heavy atom. The summed E-state index contributed by atoms with van der Waals surface area (Å²) in [7, 11) is 0. The molecular weight excluding hydrogens is 238 g/mol. The van der Waals surface area contributed by atoms with E-state index in [1.54, 1.807) is 0 Å². The Labute approximate surface area is 97.1 Å². The van der Waals surface area contributed by atoms with E-state index in [-0.39, 0.29) is 12.4 Å². The molecule has 1 aromatic rings. The molecule has 88 valence electrons. The fourth-order valence-electron chi connectivity index (χ4n) is 1.12. The molecule has 1 N–H and O–H groups in total. The van der Waals surface area contributed by atoms with Gasteiger partial charge in [0.1, 0.15) is 5.75 Å². The molecule has 0 spiro atoms. The molecule has 0 unspecified atom stereocenters. The molecule has 0 heterocycles. The van der Waals surface area contributed by atoms with E-state index >= 15 is 0 Å². The van der Waals surface area contributed by atoms with Crippen LogP contribution in [0.15, 0.2) is 30.4 Å². The minimum absolute atomic E-state index is 0.0449. The first-order chi connectivity index (χ1) is 7.48. The Hall–Kier alpha value is -1.13. The number of aliphatic hydroxyl groups is 1. The van der Waals surface area contributed by atoms with E-state index in [4.69, 9.17) is 16.7 Å². The van der Waals surface area contributed by atoms with Crippen LogP contribution in [0.1, 0.15) is 12.5 Å². The van der Waals surface area contributed by atoms with Crippen LogP contribution in [0.2, 0.25) is 5.02 Å². The first kappa shape index (κ1) is 12.9. The van der Waals surface area contributed by atoms with Crippen LogP contribution in [-0.4, -0.2) is 11.2 Å². The van der Waals surface area contributed by atoms with E-state index in [1.807, 2.05) is 0 Å². The van der Waals surface area contributed by atoms with Gasteiger partial charge in [-0.25, -0.2) is 0 Å². The van der Waals surface area contributed by atoms with Crippen LogP contribution in [0.25, 0.3) is 0 Å². The van der Waals surface area contributed by atoms with E-state index in [0.717, 1.165) is 0 Å². The van der Waals surface area contributed by atoms with Crippen LogP contribution in [0.3, 0.4) is 0 Å². The van der Waals surface area contributed by atoms with Crippen molar-refractivity contribution in [1.29, 1.82) is 0 Å². The van der Waals surface area contributed by atoms with Crippen LogP contribution in [0, 0.1) is 0 Å². The van der Waals surface area contributed by atoms with Gasteiger partial charge in [-0.2, -0.15) is 8.78 Å². The SMILES string of the molecule is C/C=C/C(F)(F)Oc1ccc(Cl)c(CO)c1. The Morgan fingerprint density at radius 3 is 2.75 bits per heavy atom. The summed E-state index contributed by atoms with van der Waals surface area (Å²) in [6, 6.07) is 3.99. The highest BCUT2D eigenvalue weighted by atomic mass is 35.5. The minimum Gasteiger partial charge on any atom is -0.429 e. The Bertz CT molecular complexity index is 392. The van der Waals surface area contributed by atoms with Crippen molar-refractivity contribution in [3.63, 3.8) is 0 Å². The summed E-state index contributed by atoms with van der Waals surface area (Å²) >= 11 is 5.71. The number of benzene rings is 1. The Morgan fingerprint density at radius 1 is 1.50 bits per heavy atom. The molecule has 5 heteroatoms. The Balaban J connectivity index is 2.90. The summed E-state index contributed by atoms with van der Waals surface area (Å²) in [6.45, 7) is 1.14. The minimum atomic E-state index is -3.37. The number of allylic oxidation sites excluding steroid dienone is 1. The molecule has 0 atom stereocenters. The van der Waals surface area contributed by atoms with Crippen molar-refractivity contribution >= 4 is 11.6 Å². The maximum absolute atomic E-state index is 13.0. The Kier molecular flexibility index (Phi) is 4.26. The second-order valence-electron chi connectivity index (χ2n) is 3.08. The van der Waals surface area contributed by atoms with E-state index in [2.05, 4.69) is 4.74 Å². The summed E-state index contributed by atoms with van der Waals surface area (Å²) in [6.07, 6.45) is -1.53. The van der Waals surface area contributed by atoms with Crippen LogP contribution < -0.4 is 4.74 Å². The van der Waals surface area contributed by atoms with Gasteiger partial charge in [0.05, 0.1) is 6.61 Å². The highest BCUT2D eigenvalue weighted by molar-refractivity contribution is 6.31. The lowest BCUT2D eigenvalue weighted by Gasteiger charge is -2.14. The van der Waals surface area contributed by atoms with Crippen LogP contribution in [-0.2, 0) is 6.61 Å². The standard InChI is InChI=1S/C11H11ClF2O2/c1-2-5-11(13,14)16-9-3-4-10(12)8(6-9)7-15/h2-6,15H,7H2,1H3/b5-2+. The number of hydrogen-bond donors (Lipinski definition) is 1. The lowest BCUT2D eigenvalue weighted by atomic mass is 10.2. The second-order valence-corrected chi connectivity index (χ2v) is 3.48.